The molecule has 0 unspecified atom stereocenters. The van der Waals surface area contributed by atoms with Crippen LogP contribution in [0.1, 0.15) is 25.0 Å². The fraction of sp³-hybridized carbons (Fsp3) is 0.235. The van der Waals surface area contributed by atoms with Gasteiger partial charge in [-0.1, -0.05) is 48.6 Å². The highest BCUT2D eigenvalue weighted by Gasteiger charge is 2.06. The Labute approximate surface area is 123 Å². The van der Waals surface area contributed by atoms with Crippen molar-refractivity contribution in [2.45, 2.75) is 36.5 Å². The van der Waals surface area contributed by atoms with Gasteiger partial charge in [0.05, 0.1) is 5.11 Å². The first-order chi connectivity index (χ1) is 9.65. The Morgan fingerprint density at radius 2 is 1.10 bits per heavy atom. The summed E-state index contributed by atoms with van der Waals surface area (Å²) in [7, 11) is -0.351. The number of rotatable bonds is 4. The van der Waals surface area contributed by atoms with Crippen molar-refractivity contribution < 1.29 is 0 Å². The molecule has 0 saturated heterocycles. The molecule has 0 fully saturated rings. The summed E-state index contributed by atoms with van der Waals surface area (Å²) < 4.78 is 0. The molecule has 106 valence electrons. The molecule has 0 aliphatic rings. The van der Waals surface area contributed by atoms with Crippen LogP contribution >= 0.6 is 10.5 Å². The Morgan fingerprint density at radius 1 is 0.750 bits per heavy atom. The largest absolute Gasteiger partial charge is 0.288 e. The van der Waals surface area contributed by atoms with Gasteiger partial charge in [0.25, 0.3) is 0 Å². The van der Waals surface area contributed by atoms with Crippen LogP contribution in [0.4, 0.5) is 0 Å². The second kappa shape index (κ2) is 6.84. The second-order valence-electron chi connectivity index (χ2n) is 4.70. The van der Waals surface area contributed by atoms with E-state index >= 15 is 0 Å². The van der Waals surface area contributed by atoms with Crippen LogP contribution in [0.15, 0.2) is 58.3 Å². The standard InChI is InChI=1S/C17H22N2S/c1-3-13-5-9-15(10-6-13)20(17(18)19)16-11-7-14(4-2)8-12-16/h5-12H,3-4,18-19H2,1-2H3. The third-order valence-corrected chi connectivity index (χ3v) is 5.33. The molecule has 20 heavy (non-hydrogen) atoms. The summed E-state index contributed by atoms with van der Waals surface area (Å²) in [5.41, 5.74) is 14.6. The predicted molar refractivity (Wildman–Crippen MR) is 89.1 cm³/mol. The molecule has 2 aromatic rings. The number of benzene rings is 2. The molecule has 0 aromatic heterocycles. The Hall–Kier alpha value is -1.42. The lowest BCUT2D eigenvalue weighted by atomic mass is 10.2. The molecule has 0 bridgehead atoms. The second-order valence-corrected chi connectivity index (χ2v) is 6.73. The average molecular weight is 286 g/mol. The fourth-order valence-corrected chi connectivity index (χ4v) is 3.76. The van der Waals surface area contributed by atoms with Gasteiger partial charge in [0.15, 0.2) is 0 Å². The number of hydrogen-bond acceptors (Lipinski definition) is 0. The molecule has 0 saturated carbocycles. The first-order valence-corrected chi connectivity index (χ1v) is 8.18. The first-order valence-electron chi connectivity index (χ1n) is 6.95. The summed E-state index contributed by atoms with van der Waals surface area (Å²) in [6.07, 6.45) is 2.09. The number of aryl methyl sites for hydroxylation is 2. The minimum atomic E-state index is -0.351. The summed E-state index contributed by atoms with van der Waals surface area (Å²) in [5, 5.41) is 0.471. The maximum atomic E-state index is 5.95. The van der Waals surface area contributed by atoms with Gasteiger partial charge in [0, 0.05) is 9.79 Å². The van der Waals surface area contributed by atoms with Crippen LogP contribution in [-0.4, -0.2) is 5.11 Å². The van der Waals surface area contributed by atoms with Gasteiger partial charge in [-0.2, -0.15) is 0 Å². The zero-order valence-electron chi connectivity index (χ0n) is 12.1. The molecule has 4 N–H and O–H groups in total. The molecule has 2 rings (SSSR count). The summed E-state index contributed by atoms with van der Waals surface area (Å²) in [6, 6.07) is 17.1. The van der Waals surface area contributed by atoms with E-state index in [9.17, 15) is 0 Å². The lowest BCUT2D eigenvalue weighted by molar-refractivity contribution is 1.13. The van der Waals surface area contributed by atoms with E-state index in [1.807, 2.05) is 0 Å². The molecule has 0 aliphatic heterocycles. The van der Waals surface area contributed by atoms with Gasteiger partial charge in [-0.3, -0.25) is 11.5 Å². The maximum absolute atomic E-state index is 5.95. The maximum Gasteiger partial charge on any atom is 0.0864 e. The summed E-state index contributed by atoms with van der Waals surface area (Å²) >= 11 is 0. The van der Waals surface area contributed by atoms with Crippen molar-refractivity contribution in [1.82, 2.24) is 0 Å². The fourth-order valence-electron chi connectivity index (χ4n) is 2.13. The van der Waals surface area contributed by atoms with E-state index < -0.39 is 0 Å². The van der Waals surface area contributed by atoms with Crippen LogP contribution in [-0.2, 0) is 12.8 Å². The van der Waals surface area contributed by atoms with E-state index in [0.29, 0.717) is 5.11 Å². The Morgan fingerprint density at radius 3 is 1.35 bits per heavy atom. The molecule has 0 spiro atoms. The molecule has 0 radical (unpaired) electrons. The third-order valence-electron chi connectivity index (χ3n) is 3.37. The monoisotopic (exact) mass is 286 g/mol. The molecule has 0 heterocycles. The van der Waals surface area contributed by atoms with Gasteiger partial charge in [0.2, 0.25) is 0 Å². The summed E-state index contributed by atoms with van der Waals surface area (Å²) in [5.74, 6) is 0. The van der Waals surface area contributed by atoms with Gasteiger partial charge in [-0.15, -0.1) is 0 Å². The van der Waals surface area contributed by atoms with Crippen LogP contribution in [0.25, 0.3) is 0 Å². The van der Waals surface area contributed by atoms with E-state index in [4.69, 9.17) is 11.5 Å². The molecular weight excluding hydrogens is 264 g/mol. The van der Waals surface area contributed by atoms with Crippen LogP contribution in [0.5, 0.6) is 0 Å². The normalized spacial score (nSPS) is 10.8. The van der Waals surface area contributed by atoms with Crippen molar-refractivity contribution in [2.24, 2.45) is 11.5 Å². The molecule has 0 atom stereocenters. The van der Waals surface area contributed by atoms with Gasteiger partial charge in [0.1, 0.15) is 0 Å². The average Bonchev–Trinajstić information content (AvgIpc) is 2.48. The van der Waals surface area contributed by atoms with E-state index in [2.05, 4.69) is 62.4 Å². The lowest BCUT2D eigenvalue weighted by Crippen LogP contribution is -2.22. The van der Waals surface area contributed by atoms with E-state index in [1.165, 1.54) is 20.9 Å². The van der Waals surface area contributed by atoms with Gasteiger partial charge >= 0.3 is 0 Å². The molecular formula is C17H22N2S. The van der Waals surface area contributed by atoms with Crippen LogP contribution in [0.3, 0.4) is 0 Å². The molecule has 0 amide bonds. The van der Waals surface area contributed by atoms with E-state index in [-0.39, 0.29) is 10.5 Å². The van der Waals surface area contributed by atoms with Crippen molar-refractivity contribution in [2.75, 3.05) is 0 Å². The molecule has 2 nitrogen and oxygen atoms in total. The smallest absolute Gasteiger partial charge is 0.0864 e. The van der Waals surface area contributed by atoms with Crippen molar-refractivity contribution in [3.63, 3.8) is 0 Å². The predicted octanol–water partition coefficient (Wildman–Crippen LogP) is 3.50. The van der Waals surface area contributed by atoms with Crippen molar-refractivity contribution >= 4 is 15.6 Å². The molecule has 2 aromatic carbocycles. The zero-order valence-corrected chi connectivity index (χ0v) is 12.9. The summed E-state index contributed by atoms with van der Waals surface area (Å²) in [6.45, 7) is 4.31. The van der Waals surface area contributed by atoms with Crippen LogP contribution in [0.2, 0.25) is 0 Å². The highest BCUT2D eigenvalue weighted by Crippen LogP contribution is 2.35. The van der Waals surface area contributed by atoms with Crippen LogP contribution < -0.4 is 11.5 Å². The minimum absolute atomic E-state index is 0.351. The van der Waals surface area contributed by atoms with E-state index in [1.54, 1.807) is 0 Å². The third kappa shape index (κ3) is 3.37. The molecule has 3 heteroatoms. The highest BCUT2D eigenvalue weighted by atomic mass is 32.2. The van der Waals surface area contributed by atoms with Gasteiger partial charge in [-0.05, 0) is 48.2 Å². The first kappa shape index (κ1) is 15.0. The van der Waals surface area contributed by atoms with Crippen LogP contribution in [0, 0.1) is 0 Å². The highest BCUT2D eigenvalue weighted by molar-refractivity contribution is 8.16. The Bertz CT molecular complexity index is 544. The Balaban J connectivity index is 2.42. The number of hydrogen-bond donors (Lipinski definition) is 2. The topological polar surface area (TPSA) is 52.0 Å². The van der Waals surface area contributed by atoms with Gasteiger partial charge < -0.3 is 0 Å². The Kier molecular flexibility index (Phi) is 5.12. The quantitative estimate of drug-likeness (QED) is 0.845. The number of nitrogens with two attached hydrogens (primary N) is 2. The van der Waals surface area contributed by atoms with Crippen molar-refractivity contribution in [3.8, 4) is 0 Å². The van der Waals surface area contributed by atoms with Gasteiger partial charge in [-0.25, -0.2) is 0 Å². The van der Waals surface area contributed by atoms with Crippen molar-refractivity contribution in [1.29, 1.82) is 0 Å². The zero-order chi connectivity index (χ0) is 14.5. The summed E-state index contributed by atoms with van der Waals surface area (Å²) in [4.78, 5) is 2.35. The SMILES string of the molecule is CCc1ccc(S(=C(N)N)c2ccc(CC)cc2)cc1. The van der Waals surface area contributed by atoms with E-state index in [0.717, 1.165) is 12.8 Å². The lowest BCUT2D eigenvalue weighted by Gasteiger charge is -2.13. The minimum Gasteiger partial charge on any atom is -0.288 e. The van der Waals surface area contributed by atoms with Crippen molar-refractivity contribution in [3.05, 3.63) is 59.7 Å². The molecule has 0 aliphatic carbocycles.